The number of thiazole rings is 1. The first kappa shape index (κ1) is 20.4. The van der Waals surface area contributed by atoms with Crippen molar-refractivity contribution in [1.82, 2.24) is 24.5 Å². The SMILES string of the molecule is Cn1c(=O)[nH]c(=O)c2[nH]c(CCC(=O)Nc3nc(-c4ccc5c(c4)CCCC5)cs3)nc21. The maximum atomic E-state index is 12.4. The van der Waals surface area contributed by atoms with Crippen LogP contribution in [0.25, 0.3) is 22.4 Å². The third-order valence-electron chi connectivity index (χ3n) is 5.79. The number of carbonyl (C=O) groups is 1. The molecule has 32 heavy (non-hydrogen) atoms. The zero-order valence-corrected chi connectivity index (χ0v) is 18.3. The van der Waals surface area contributed by atoms with Gasteiger partial charge in [-0.05, 0) is 42.9 Å². The molecule has 0 unspecified atom stereocenters. The van der Waals surface area contributed by atoms with Crippen molar-refractivity contribution < 1.29 is 4.79 Å². The smallest absolute Gasteiger partial charge is 0.329 e. The summed E-state index contributed by atoms with van der Waals surface area (Å²) in [7, 11) is 1.53. The van der Waals surface area contributed by atoms with Crippen molar-refractivity contribution in [2.75, 3.05) is 5.32 Å². The van der Waals surface area contributed by atoms with Gasteiger partial charge >= 0.3 is 5.69 Å². The van der Waals surface area contributed by atoms with Gasteiger partial charge in [-0.1, -0.05) is 12.1 Å². The Kier molecular flexibility index (Phi) is 5.22. The Labute approximate surface area is 186 Å². The van der Waals surface area contributed by atoms with Crippen molar-refractivity contribution in [3.63, 3.8) is 0 Å². The van der Waals surface area contributed by atoms with E-state index in [1.807, 2.05) is 5.38 Å². The number of carbonyl (C=O) groups excluding carboxylic acids is 1. The molecule has 3 aromatic heterocycles. The van der Waals surface area contributed by atoms with E-state index in [2.05, 4.69) is 43.5 Å². The van der Waals surface area contributed by atoms with E-state index >= 15 is 0 Å². The number of aromatic nitrogens is 5. The van der Waals surface area contributed by atoms with E-state index in [4.69, 9.17) is 0 Å². The largest absolute Gasteiger partial charge is 0.336 e. The lowest BCUT2D eigenvalue weighted by molar-refractivity contribution is -0.116. The van der Waals surface area contributed by atoms with Crippen LogP contribution in [0.15, 0.2) is 33.2 Å². The fourth-order valence-corrected chi connectivity index (χ4v) is 4.78. The van der Waals surface area contributed by atoms with Crippen molar-refractivity contribution in [3.05, 3.63) is 61.4 Å². The number of H-pyrrole nitrogens is 2. The predicted molar refractivity (Wildman–Crippen MR) is 123 cm³/mol. The second kappa shape index (κ2) is 8.19. The quantitative estimate of drug-likeness (QED) is 0.431. The van der Waals surface area contributed by atoms with E-state index in [9.17, 15) is 14.4 Å². The molecular weight excluding hydrogens is 428 g/mol. The van der Waals surface area contributed by atoms with E-state index in [0.29, 0.717) is 17.4 Å². The van der Waals surface area contributed by atoms with Gasteiger partial charge in [-0.15, -0.1) is 11.3 Å². The molecular formula is C22H22N6O3S. The minimum absolute atomic E-state index is 0.166. The lowest BCUT2D eigenvalue weighted by atomic mass is 9.90. The molecule has 1 aromatic carbocycles. The van der Waals surface area contributed by atoms with Crippen LogP contribution in [0, 0.1) is 0 Å². The summed E-state index contributed by atoms with van der Waals surface area (Å²) in [6, 6.07) is 6.50. The topological polar surface area (TPSA) is 126 Å². The minimum atomic E-state index is -0.531. The zero-order chi connectivity index (χ0) is 22.2. The van der Waals surface area contributed by atoms with Crippen LogP contribution in [0.3, 0.4) is 0 Å². The Morgan fingerprint density at radius 1 is 1.16 bits per heavy atom. The highest BCUT2D eigenvalue weighted by Gasteiger charge is 2.14. The Balaban J connectivity index is 1.25. The van der Waals surface area contributed by atoms with E-state index in [0.717, 1.165) is 24.1 Å². The van der Waals surface area contributed by atoms with Crippen LogP contribution < -0.4 is 16.6 Å². The summed E-state index contributed by atoms with van der Waals surface area (Å²) in [6.45, 7) is 0. The Morgan fingerprint density at radius 3 is 2.81 bits per heavy atom. The summed E-state index contributed by atoms with van der Waals surface area (Å²) in [4.78, 5) is 50.0. The first-order chi connectivity index (χ1) is 15.5. The fraction of sp³-hybridized carbons (Fsp3) is 0.318. The maximum Gasteiger partial charge on any atom is 0.329 e. The number of rotatable bonds is 5. The Hall–Kier alpha value is -3.53. The number of aromatic amines is 2. The Bertz CT molecular complexity index is 1440. The predicted octanol–water partition coefficient (Wildman–Crippen LogP) is 2.52. The molecule has 1 aliphatic rings. The molecule has 0 saturated heterocycles. The van der Waals surface area contributed by atoms with Crippen molar-refractivity contribution in [2.45, 2.75) is 38.5 Å². The summed E-state index contributed by atoms with van der Waals surface area (Å²) in [5.41, 5.74) is 4.18. The molecule has 0 bridgehead atoms. The maximum absolute atomic E-state index is 12.4. The fourth-order valence-electron chi connectivity index (χ4n) is 4.04. The normalized spacial score (nSPS) is 13.3. The van der Waals surface area contributed by atoms with E-state index in [1.165, 1.54) is 46.9 Å². The average Bonchev–Trinajstić information content (AvgIpc) is 3.43. The van der Waals surface area contributed by atoms with E-state index in [-0.39, 0.29) is 23.5 Å². The second-order valence-corrected chi connectivity index (χ2v) is 8.84. The van der Waals surface area contributed by atoms with Crippen LogP contribution in [0.2, 0.25) is 0 Å². The van der Waals surface area contributed by atoms with Gasteiger partial charge in [-0.2, -0.15) is 0 Å². The second-order valence-electron chi connectivity index (χ2n) is 7.98. The van der Waals surface area contributed by atoms with Gasteiger partial charge in [0.25, 0.3) is 5.56 Å². The monoisotopic (exact) mass is 450 g/mol. The van der Waals surface area contributed by atoms with Gasteiger partial charge in [0.15, 0.2) is 10.8 Å². The summed E-state index contributed by atoms with van der Waals surface area (Å²) in [5, 5.41) is 5.33. The zero-order valence-electron chi connectivity index (χ0n) is 17.5. The average molecular weight is 451 g/mol. The van der Waals surface area contributed by atoms with Crippen LogP contribution in [0.4, 0.5) is 5.13 Å². The van der Waals surface area contributed by atoms with Crippen molar-refractivity contribution >= 4 is 33.5 Å². The standard InChI is InChI=1S/C22H22N6O3S/c1-28-19-18(20(30)27-22(28)31)24-16(25-19)8-9-17(29)26-21-23-15(11-32-21)14-7-6-12-4-2-3-5-13(12)10-14/h6-7,10-11H,2-5,8-9H2,1H3,(H,24,25)(H,23,26,29)(H,27,30,31). The number of benzene rings is 1. The van der Waals surface area contributed by atoms with Gasteiger partial charge in [-0.25, -0.2) is 14.8 Å². The molecule has 0 radical (unpaired) electrons. The van der Waals surface area contributed by atoms with Crippen LogP contribution >= 0.6 is 11.3 Å². The van der Waals surface area contributed by atoms with E-state index in [1.54, 1.807) is 0 Å². The summed E-state index contributed by atoms with van der Waals surface area (Å²) < 4.78 is 1.26. The third kappa shape index (κ3) is 3.89. The molecule has 164 valence electrons. The molecule has 0 saturated carbocycles. The lowest BCUT2D eigenvalue weighted by Gasteiger charge is -2.16. The number of hydrogen-bond donors (Lipinski definition) is 3. The number of nitrogens with one attached hydrogen (secondary N) is 3. The molecule has 0 aliphatic heterocycles. The van der Waals surface area contributed by atoms with E-state index < -0.39 is 11.2 Å². The highest BCUT2D eigenvalue weighted by atomic mass is 32.1. The first-order valence-electron chi connectivity index (χ1n) is 10.5. The highest BCUT2D eigenvalue weighted by molar-refractivity contribution is 7.14. The molecule has 5 rings (SSSR count). The first-order valence-corrected chi connectivity index (χ1v) is 11.4. The van der Waals surface area contributed by atoms with Crippen LogP contribution in [0.1, 0.15) is 36.2 Å². The molecule has 0 spiro atoms. The number of nitrogens with zero attached hydrogens (tertiary/aromatic N) is 3. The molecule has 3 heterocycles. The van der Waals surface area contributed by atoms with Gasteiger partial charge in [0.2, 0.25) is 5.91 Å². The summed E-state index contributed by atoms with van der Waals surface area (Å²) in [5.74, 6) is 0.273. The number of anilines is 1. The molecule has 10 heteroatoms. The van der Waals surface area contributed by atoms with Gasteiger partial charge in [0.1, 0.15) is 11.3 Å². The number of amides is 1. The number of imidazole rings is 1. The molecule has 4 aromatic rings. The van der Waals surface area contributed by atoms with Gasteiger partial charge in [-0.3, -0.25) is 19.1 Å². The molecule has 0 fully saturated rings. The number of fused-ring (bicyclic) bond motifs is 2. The van der Waals surface area contributed by atoms with Crippen molar-refractivity contribution in [2.24, 2.45) is 7.05 Å². The highest BCUT2D eigenvalue weighted by Crippen LogP contribution is 2.29. The number of hydrogen-bond acceptors (Lipinski definition) is 6. The summed E-state index contributed by atoms with van der Waals surface area (Å²) >= 11 is 1.39. The van der Waals surface area contributed by atoms with Crippen LogP contribution in [0.5, 0.6) is 0 Å². The molecule has 1 aliphatic carbocycles. The third-order valence-corrected chi connectivity index (χ3v) is 6.55. The lowest BCUT2D eigenvalue weighted by Crippen LogP contribution is -2.28. The van der Waals surface area contributed by atoms with Gasteiger partial charge < -0.3 is 10.3 Å². The van der Waals surface area contributed by atoms with Crippen molar-refractivity contribution in [3.8, 4) is 11.3 Å². The molecule has 3 N–H and O–H groups in total. The molecule has 1 amide bonds. The summed E-state index contributed by atoms with van der Waals surface area (Å²) in [6.07, 6.45) is 5.20. The van der Waals surface area contributed by atoms with Crippen molar-refractivity contribution in [1.29, 1.82) is 0 Å². The minimum Gasteiger partial charge on any atom is -0.336 e. The molecule has 9 nitrogen and oxygen atoms in total. The van der Waals surface area contributed by atoms with Gasteiger partial charge in [0.05, 0.1) is 5.69 Å². The van der Waals surface area contributed by atoms with Crippen LogP contribution in [-0.4, -0.2) is 30.4 Å². The van der Waals surface area contributed by atoms with Gasteiger partial charge in [0, 0.05) is 30.8 Å². The number of aryl methyl sites for hydroxylation is 4. The van der Waals surface area contributed by atoms with Crippen LogP contribution in [-0.2, 0) is 31.1 Å². The molecule has 0 atom stereocenters. The Morgan fingerprint density at radius 2 is 1.97 bits per heavy atom.